The Kier molecular flexibility index (Phi) is 5.68. The van der Waals surface area contributed by atoms with E-state index in [-0.39, 0.29) is 17.0 Å². The minimum absolute atomic E-state index is 0.0509. The molecule has 0 aliphatic carbocycles. The fourth-order valence-electron chi connectivity index (χ4n) is 4.14. The van der Waals surface area contributed by atoms with Gasteiger partial charge in [-0.15, -0.1) is 5.10 Å². The summed E-state index contributed by atoms with van der Waals surface area (Å²) in [4.78, 5) is 30.8. The van der Waals surface area contributed by atoms with E-state index in [1.54, 1.807) is 4.57 Å². The van der Waals surface area contributed by atoms with E-state index < -0.39 is 5.91 Å². The van der Waals surface area contributed by atoms with Crippen LogP contribution in [0.25, 0.3) is 16.7 Å². The molecule has 0 saturated carbocycles. The van der Waals surface area contributed by atoms with Crippen molar-refractivity contribution in [2.24, 2.45) is 0 Å². The van der Waals surface area contributed by atoms with Crippen LogP contribution in [-0.2, 0) is 6.54 Å². The molecule has 1 N–H and O–H groups in total. The molecule has 5 rings (SSSR count). The highest BCUT2D eigenvalue weighted by Crippen LogP contribution is 2.19. The second kappa shape index (κ2) is 8.83. The first-order chi connectivity index (χ1) is 16.8. The SMILES string of the molecule is Cc1ccc(Cn2c(=O)c3nc(C(=O)Nc4ccc(C(C)C)cc4)nn3c3ccc(C)cc32)cc1. The van der Waals surface area contributed by atoms with Gasteiger partial charge in [0, 0.05) is 5.69 Å². The van der Waals surface area contributed by atoms with Gasteiger partial charge in [0.1, 0.15) is 0 Å². The predicted molar refractivity (Wildman–Crippen MR) is 138 cm³/mol. The standard InChI is InChI=1S/C28H27N5O2/c1-17(2)21-10-12-22(13-11-21)29-27(34)25-30-26-28(35)32(16-20-8-5-18(3)6-9-20)24-15-19(4)7-14-23(24)33(26)31-25/h5-15,17H,16H2,1-4H3,(H,29,34). The molecule has 0 aliphatic heterocycles. The van der Waals surface area contributed by atoms with Gasteiger partial charge in [-0.1, -0.05) is 61.9 Å². The number of fused-ring (bicyclic) bond motifs is 3. The summed E-state index contributed by atoms with van der Waals surface area (Å²) >= 11 is 0. The van der Waals surface area contributed by atoms with E-state index in [0.717, 1.165) is 22.2 Å². The third-order valence-electron chi connectivity index (χ3n) is 6.19. The molecule has 0 radical (unpaired) electrons. The van der Waals surface area contributed by atoms with Crippen LogP contribution in [-0.4, -0.2) is 25.1 Å². The molecule has 0 unspecified atom stereocenters. The number of hydrogen-bond acceptors (Lipinski definition) is 4. The monoisotopic (exact) mass is 465 g/mol. The molecule has 2 heterocycles. The molecular weight excluding hydrogens is 438 g/mol. The number of rotatable bonds is 5. The van der Waals surface area contributed by atoms with Crippen LogP contribution in [0.3, 0.4) is 0 Å². The predicted octanol–water partition coefficient (Wildman–Crippen LogP) is 5.09. The van der Waals surface area contributed by atoms with Gasteiger partial charge in [0.15, 0.2) is 0 Å². The van der Waals surface area contributed by atoms with E-state index in [2.05, 4.69) is 29.2 Å². The number of aryl methyl sites for hydroxylation is 2. The summed E-state index contributed by atoms with van der Waals surface area (Å²) in [5.74, 6) is -0.111. The Morgan fingerprint density at radius 2 is 1.60 bits per heavy atom. The Morgan fingerprint density at radius 1 is 0.914 bits per heavy atom. The summed E-state index contributed by atoms with van der Waals surface area (Å²) in [5, 5.41) is 7.25. The number of nitrogens with zero attached hydrogens (tertiary/aromatic N) is 4. The van der Waals surface area contributed by atoms with Crippen molar-refractivity contribution in [3.63, 3.8) is 0 Å². The number of hydrogen-bond donors (Lipinski definition) is 1. The van der Waals surface area contributed by atoms with Crippen LogP contribution < -0.4 is 10.9 Å². The van der Waals surface area contributed by atoms with Crippen molar-refractivity contribution in [1.82, 2.24) is 19.2 Å². The number of carbonyl (C=O) groups is 1. The molecule has 7 nitrogen and oxygen atoms in total. The van der Waals surface area contributed by atoms with Crippen molar-refractivity contribution in [3.8, 4) is 0 Å². The number of aromatic nitrogens is 4. The van der Waals surface area contributed by atoms with Crippen molar-refractivity contribution in [3.05, 3.63) is 105 Å². The topological polar surface area (TPSA) is 81.3 Å². The van der Waals surface area contributed by atoms with Gasteiger partial charge in [0.05, 0.1) is 17.6 Å². The average molecular weight is 466 g/mol. The van der Waals surface area contributed by atoms with Crippen LogP contribution in [0.4, 0.5) is 5.69 Å². The molecule has 176 valence electrons. The highest BCUT2D eigenvalue weighted by molar-refractivity contribution is 6.02. The normalized spacial score (nSPS) is 11.5. The Labute approximate surface area is 203 Å². The van der Waals surface area contributed by atoms with Crippen molar-refractivity contribution >= 4 is 28.3 Å². The lowest BCUT2D eigenvalue weighted by molar-refractivity contribution is 0.101. The van der Waals surface area contributed by atoms with E-state index in [4.69, 9.17) is 0 Å². The third kappa shape index (κ3) is 4.33. The quantitative estimate of drug-likeness (QED) is 0.392. The Balaban J connectivity index is 1.57. The smallest absolute Gasteiger partial charge is 0.296 e. The molecule has 7 heteroatoms. The lowest BCUT2D eigenvalue weighted by atomic mass is 10.0. The molecule has 2 aromatic heterocycles. The van der Waals surface area contributed by atoms with Gasteiger partial charge in [-0.25, -0.2) is 4.52 Å². The van der Waals surface area contributed by atoms with Crippen molar-refractivity contribution in [1.29, 1.82) is 0 Å². The van der Waals surface area contributed by atoms with Crippen molar-refractivity contribution in [2.75, 3.05) is 5.32 Å². The minimum atomic E-state index is -0.462. The van der Waals surface area contributed by atoms with Gasteiger partial charge in [0.2, 0.25) is 11.5 Å². The van der Waals surface area contributed by atoms with Gasteiger partial charge in [0.25, 0.3) is 11.5 Å². The molecule has 0 atom stereocenters. The van der Waals surface area contributed by atoms with Crippen LogP contribution in [0.1, 0.15) is 52.6 Å². The maximum absolute atomic E-state index is 13.5. The van der Waals surface area contributed by atoms with E-state index >= 15 is 0 Å². The van der Waals surface area contributed by atoms with Crippen LogP contribution in [0.5, 0.6) is 0 Å². The van der Waals surface area contributed by atoms with Crippen LogP contribution in [0, 0.1) is 13.8 Å². The number of benzene rings is 3. The Bertz CT molecular complexity index is 1610. The van der Waals surface area contributed by atoms with E-state index in [1.807, 2.05) is 80.6 Å². The summed E-state index contributed by atoms with van der Waals surface area (Å²) in [7, 11) is 0. The highest BCUT2D eigenvalue weighted by atomic mass is 16.2. The highest BCUT2D eigenvalue weighted by Gasteiger charge is 2.19. The fourth-order valence-corrected chi connectivity index (χ4v) is 4.14. The maximum Gasteiger partial charge on any atom is 0.296 e. The largest absolute Gasteiger partial charge is 0.319 e. The Morgan fingerprint density at radius 3 is 2.29 bits per heavy atom. The van der Waals surface area contributed by atoms with Crippen molar-refractivity contribution in [2.45, 2.75) is 40.2 Å². The van der Waals surface area contributed by atoms with Gasteiger partial charge < -0.3 is 5.32 Å². The first kappa shape index (κ1) is 22.5. The van der Waals surface area contributed by atoms with Crippen LogP contribution >= 0.6 is 0 Å². The summed E-state index contributed by atoms with van der Waals surface area (Å²) in [6.07, 6.45) is 0. The lowest BCUT2D eigenvalue weighted by Crippen LogP contribution is -2.24. The third-order valence-corrected chi connectivity index (χ3v) is 6.19. The zero-order chi connectivity index (χ0) is 24.7. The zero-order valence-electron chi connectivity index (χ0n) is 20.2. The molecule has 0 aliphatic rings. The van der Waals surface area contributed by atoms with E-state index in [9.17, 15) is 9.59 Å². The second-order valence-corrected chi connectivity index (χ2v) is 9.27. The molecular formula is C28H27N5O2. The molecule has 1 amide bonds. The fraction of sp³-hybridized carbons (Fsp3) is 0.214. The summed E-state index contributed by atoms with van der Waals surface area (Å²) in [6, 6.07) is 21.6. The maximum atomic E-state index is 13.5. The lowest BCUT2D eigenvalue weighted by Gasteiger charge is -2.12. The molecule has 3 aromatic carbocycles. The van der Waals surface area contributed by atoms with Crippen LogP contribution in [0.2, 0.25) is 0 Å². The summed E-state index contributed by atoms with van der Waals surface area (Å²) < 4.78 is 3.17. The van der Waals surface area contributed by atoms with E-state index in [1.165, 1.54) is 10.1 Å². The summed E-state index contributed by atoms with van der Waals surface area (Å²) in [5.41, 5.74) is 6.30. The summed E-state index contributed by atoms with van der Waals surface area (Å²) in [6.45, 7) is 8.64. The molecule has 0 bridgehead atoms. The molecule has 5 aromatic rings. The number of amides is 1. The van der Waals surface area contributed by atoms with Crippen molar-refractivity contribution < 1.29 is 4.79 Å². The van der Waals surface area contributed by atoms with Gasteiger partial charge in [-0.05, 0) is 60.7 Å². The first-order valence-corrected chi connectivity index (χ1v) is 11.7. The Hall–Kier alpha value is -4.26. The average Bonchev–Trinajstić information content (AvgIpc) is 3.29. The van der Waals surface area contributed by atoms with Gasteiger partial charge >= 0.3 is 0 Å². The molecule has 0 saturated heterocycles. The van der Waals surface area contributed by atoms with Gasteiger partial charge in [-0.3, -0.25) is 14.2 Å². The van der Waals surface area contributed by atoms with Gasteiger partial charge in [-0.2, -0.15) is 4.98 Å². The second-order valence-electron chi connectivity index (χ2n) is 9.27. The molecule has 35 heavy (non-hydrogen) atoms. The number of nitrogens with one attached hydrogen (secondary N) is 1. The zero-order valence-corrected chi connectivity index (χ0v) is 20.2. The minimum Gasteiger partial charge on any atom is -0.319 e. The molecule has 0 fully saturated rings. The van der Waals surface area contributed by atoms with Crippen LogP contribution in [0.15, 0.2) is 71.5 Å². The van der Waals surface area contributed by atoms with E-state index in [0.29, 0.717) is 23.7 Å². The number of anilines is 1. The first-order valence-electron chi connectivity index (χ1n) is 11.7. The molecule has 0 spiro atoms. The number of carbonyl (C=O) groups excluding carboxylic acids is 1.